The number of nitrogens with one attached hydrogen (secondary N) is 1. The molecule has 6 rings (SSSR count). The molecular formula is C25H15BrN2S. The molecule has 0 aliphatic rings. The first-order valence-corrected chi connectivity index (χ1v) is 11.0. The molecule has 0 aliphatic carbocycles. The predicted molar refractivity (Wildman–Crippen MR) is 128 cm³/mol. The maximum atomic E-state index is 4.87. The summed E-state index contributed by atoms with van der Waals surface area (Å²) in [5.74, 6) is 0. The van der Waals surface area contributed by atoms with Gasteiger partial charge in [0.1, 0.15) is 5.01 Å². The van der Waals surface area contributed by atoms with Crippen LogP contribution in [-0.2, 0) is 0 Å². The molecule has 0 aliphatic heterocycles. The molecule has 0 atom stereocenters. The van der Waals surface area contributed by atoms with E-state index >= 15 is 0 Å². The van der Waals surface area contributed by atoms with Gasteiger partial charge in [-0.3, -0.25) is 0 Å². The number of nitrogens with zero attached hydrogens (tertiary/aromatic N) is 1. The van der Waals surface area contributed by atoms with Crippen molar-refractivity contribution in [2.24, 2.45) is 0 Å². The lowest BCUT2D eigenvalue weighted by molar-refractivity contribution is 1.48. The number of hydrogen-bond donors (Lipinski definition) is 1. The summed E-state index contributed by atoms with van der Waals surface area (Å²) in [4.78, 5) is 8.51. The minimum Gasteiger partial charge on any atom is -0.353 e. The molecule has 0 spiro atoms. The standard InChI is InChI=1S/C25H15BrN2S/c26-18-8-4-7-16(13-18)17-9-11-21-20(14-17)19-10-12-22-24(23(19)27-21)29-25(28-22)15-5-2-1-3-6-15/h1-14,27H. The highest BCUT2D eigenvalue weighted by Crippen LogP contribution is 2.38. The molecule has 0 unspecified atom stereocenters. The van der Waals surface area contributed by atoms with Gasteiger partial charge in [0.25, 0.3) is 0 Å². The van der Waals surface area contributed by atoms with Gasteiger partial charge in [-0.2, -0.15) is 0 Å². The fourth-order valence-corrected chi connectivity index (χ4v) is 5.37. The lowest BCUT2D eigenvalue weighted by atomic mass is 10.0. The molecule has 2 heterocycles. The van der Waals surface area contributed by atoms with E-state index in [9.17, 15) is 0 Å². The van der Waals surface area contributed by atoms with Crippen LogP contribution < -0.4 is 0 Å². The van der Waals surface area contributed by atoms with Crippen molar-refractivity contribution in [3.63, 3.8) is 0 Å². The number of aromatic nitrogens is 2. The maximum absolute atomic E-state index is 4.87. The summed E-state index contributed by atoms with van der Waals surface area (Å²) in [6.07, 6.45) is 0. The summed E-state index contributed by atoms with van der Waals surface area (Å²) in [6, 6.07) is 29.8. The van der Waals surface area contributed by atoms with Gasteiger partial charge < -0.3 is 4.98 Å². The molecule has 0 saturated carbocycles. The van der Waals surface area contributed by atoms with E-state index in [2.05, 4.69) is 99.8 Å². The number of H-pyrrole nitrogens is 1. The number of thiazole rings is 1. The first-order chi connectivity index (χ1) is 14.3. The highest BCUT2D eigenvalue weighted by atomic mass is 79.9. The normalized spacial score (nSPS) is 11.6. The molecule has 4 aromatic carbocycles. The Labute approximate surface area is 180 Å². The van der Waals surface area contributed by atoms with Crippen molar-refractivity contribution in [1.29, 1.82) is 0 Å². The lowest BCUT2D eigenvalue weighted by Gasteiger charge is -2.03. The zero-order valence-electron chi connectivity index (χ0n) is 15.3. The van der Waals surface area contributed by atoms with E-state index < -0.39 is 0 Å². The Bertz CT molecular complexity index is 1510. The topological polar surface area (TPSA) is 28.7 Å². The summed E-state index contributed by atoms with van der Waals surface area (Å²) in [7, 11) is 0. The van der Waals surface area contributed by atoms with Crippen molar-refractivity contribution in [3.05, 3.63) is 89.4 Å². The molecular weight excluding hydrogens is 440 g/mol. The van der Waals surface area contributed by atoms with E-state index in [4.69, 9.17) is 4.98 Å². The molecule has 0 bridgehead atoms. The van der Waals surface area contributed by atoms with Crippen LogP contribution in [0.15, 0.2) is 89.4 Å². The zero-order chi connectivity index (χ0) is 19.4. The summed E-state index contributed by atoms with van der Waals surface area (Å²) in [5.41, 5.74) is 6.95. The van der Waals surface area contributed by atoms with Gasteiger partial charge in [0.15, 0.2) is 0 Å². The van der Waals surface area contributed by atoms with E-state index in [1.165, 1.54) is 32.1 Å². The fourth-order valence-electron chi connectivity index (χ4n) is 3.90. The minimum absolute atomic E-state index is 1.04. The summed E-state index contributed by atoms with van der Waals surface area (Å²) < 4.78 is 2.30. The Morgan fingerprint density at radius 1 is 0.724 bits per heavy atom. The number of rotatable bonds is 2. The third-order valence-electron chi connectivity index (χ3n) is 5.31. The Kier molecular flexibility index (Phi) is 3.83. The molecule has 6 aromatic rings. The zero-order valence-corrected chi connectivity index (χ0v) is 17.7. The largest absolute Gasteiger partial charge is 0.353 e. The number of halogens is 1. The molecule has 0 radical (unpaired) electrons. The Balaban J connectivity index is 1.58. The first-order valence-electron chi connectivity index (χ1n) is 9.43. The SMILES string of the molecule is Brc1cccc(-c2ccc3[nH]c4c(ccc5nc(-c6ccccc6)sc54)c3c2)c1. The molecule has 29 heavy (non-hydrogen) atoms. The van der Waals surface area contributed by atoms with Crippen LogP contribution in [0.2, 0.25) is 0 Å². The second-order valence-electron chi connectivity index (χ2n) is 7.12. The lowest BCUT2D eigenvalue weighted by Crippen LogP contribution is -1.78. The molecule has 4 heteroatoms. The van der Waals surface area contributed by atoms with E-state index in [0.717, 1.165) is 26.1 Å². The number of fused-ring (bicyclic) bond motifs is 5. The average molecular weight is 455 g/mol. The van der Waals surface area contributed by atoms with Gasteiger partial charge >= 0.3 is 0 Å². The molecule has 2 nitrogen and oxygen atoms in total. The van der Waals surface area contributed by atoms with Crippen LogP contribution in [0.4, 0.5) is 0 Å². The van der Waals surface area contributed by atoms with Crippen LogP contribution in [0.1, 0.15) is 0 Å². The first kappa shape index (κ1) is 17.0. The van der Waals surface area contributed by atoms with Gasteiger partial charge in [0.2, 0.25) is 0 Å². The molecule has 0 amide bonds. The summed E-state index contributed by atoms with van der Waals surface area (Å²) in [5, 5.41) is 3.54. The van der Waals surface area contributed by atoms with E-state index in [0.29, 0.717) is 0 Å². The Hall–Kier alpha value is -2.95. The second-order valence-corrected chi connectivity index (χ2v) is 9.03. The third kappa shape index (κ3) is 2.79. The van der Waals surface area contributed by atoms with E-state index in [-0.39, 0.29) is 0 Å². The predicted octanol–water partition coefficient (Wildman–Crippen LogP) is 8.03. The van der Waals surface area contributed by atoms with Crippen LogP contribution in [0.25, 0.3) is 53.7 Å². The quantitative estimate of drug-likeness (QED) is 0.281. The molecule has 2 aromatic heterocycles. The summed E-state index contributed by atoms with van der Waals surface area (Å²) in [6.45, 7) is 0. The maximum Gasteiger partial charge on any atom is 0.124 e. The van der Waals surface area contributed by atoms with Crippen molar-refractivity contribution >= 4 is 59.3 Å². The van der Waals surface area contributed by atoms with Crippen molar-refractivity contribution < 1.29 is 0 Å². The highest BCUT2D eigenvalue weighted by molar-refractivity contribution is 9.10. The van der Waals surface area contributed by atoms with Crippen molar-refractivity contribution in [3.8, 4) is 21.7 Å². The van der Waals surface area contributed by atoms with Crippen LogP contribution in [0.3, 0.4) is 0 Å². The molecule has 1 N–H and O–H groups in total. The van der Waals surface area contributed by atoms with Crippen LogP contribution >= 0.6 is 27.3 Å². The number of aromatic amines is 1. The van der Waals surface area contributed by atoms with Crippen molar-refractivity contribution in [1.82, 2.24) is 9.97 Å². The van der Waals surface area contributed by atoms with Crippen molar-refractivity contribution in [2.75, 3.05) is 0 Å². The van der Waals surface area contributed by atoms with Crippen LogP contribution in [-0.4, -0.2) is 9.97 Å². The van der Waals surface area contributed by atoms with Crippen LogP contribution in [0, 0.1) is 0 Å². The van der Waals surface area contributed by atoms with Gasteiger partial charge in [-0.05, 0) is 47.5 Å². The highest BCUT2D eigenvalue weighted by Gasteiger charge is 2.13. The van der Waals surface area contributed by atoms with Crippen LogP contribution in [0.5, 0.6) is 0 Å². The minimum atomic E-state index is 1.04. The fraction of sp³-hybridized carbons (Fsp3) is 0. The van der Waals surface area contributed by atoms with E-state index in [1.807, 2.05) is 6.07 Å². The average Bonchev–Trinajstić information content (AvgIpc) is 3.35. The summed E-state index contributed by atoms with van der Waals surface area (Å²) >= 11 is 5.33. The molecule has 0 saturated heterocycles. The Morgan fingerprint density at radius 3 is 2.41 bits per heavy atom. The number of benzene rings is 4. The second kappa shape index (κ2) is 6.55. The molecule has 138 valence electrons. The number of hydrogen-bond acceptors (Lipinski definition) is 2. The Morgan fingerprint density at radius 2 is 1.55 bits per heavy atom. The van der Waals surface area contributed by atoms with Crippen molar-refractivity contribution in [2.45, 2.75) is 0 Å². The smallest absolute Gasteiger partial charge is 0.124 e. The van der Waals surface area contributed by atoms with Gasteiger partial charge in [-0.1, -0.05) is 64.5 Å². The molecule has 0 fully saturated rings. The van der Waals surface area contributed by atoms with Gasteiger partial charge in [-0.25, -0.2) is 4.98 Å². The van der Waals surface area contributed by atoms with Gasteiger partial charge in [0.05, 0.1) is 15.7 Å². The van der Waals surface area contributed by atoms with Gasteiger partial charge in [-0.15, -0.1) is 11.3 Å². The van der Waals surface area contributed by atoms with Gasteiger partial charge in [0, 0.05) is 26.3 Å². The monoisotopic (exact) mass is 454 g/mol. The third-order valence-corrected chi connectivity index (χ3v) is 6.94. The van der Waals surface area contributed by atoms with E-state index in [1.54, 1.807) is 11.3 Å².